The van der Waals surface area contributed by atoms with Gasteiger partial charge in [-0.3, -0.25) is 0 Å². The van der Waals surface area contributed by atoms with Crippen molar-refractivity contribution in [2.75, 3.05) is 6.54 Å². The predicted molar refractivity (Wildman–Crippen MR) is 63.2 cm³/mol. The molecular weight excluding hydrogens is 243 g/mol. The summed E-state index contributed by atoms with van der Waals surface area (Å²) in [6.07, 6.45) is -3.42. The molecule has 0 amide bonds. The highest BCUT2D eigenvalue weighted by molar-refractivity contribution is 5.13. The fourth-order valence-corrected chi connectivity index (χ4v) is 1.54. The van der Waals surface area contributed by atoms with Crippen LogP contribution in [0, 0.1) is 0 Å². The van der Waals surface area contributed by atoms with E-state index in [2.05, 4.69) is 22.4 Å². The molecule has 0 saturated carbocycles. The Morgan fingerprint density at radius 1 is 1.22 bits per heavy atom. The maximum Gasteiger partial charge on any atom is 0.435 e. The van der Waals surface area contributed by atoms with E-state index in [0.29, 0.717) is 5.69 Å². The lowest BCUT2D eigenvalue weighted by molar-refractivity contribution is -0.141. The molecule has 102 valence electrons. The van der Waals surface area contributed by atoms with Crippen LogP contribution >= 0.6 is 0 Å². The number of alkyl halides is 3. The number of nitrogens with zero attached hydrogens (tertiary/aromatic N) is 2. The number of hydrogen-bond donors (Lipinski definition) is 1. The van der Waals surface area contributed by atoms with Gasteiger partial charge in [0.05, 0.1) is 5.69 Å². The maximum absolute atomic E-state index is 12.3. The first-order valence-corrected chi connectivity index (χ1v) is 6.00. The first-order chi connectivity index (χ1) is 8.36. The molecule has 0 saturated heterocycles. The van der Waals surface area contributed by atoms with Gasteiger partial charge in [-0.05, 0) is 32.0 Å². The molecule has 0 aliphatic carbocycles. The lowest BCUT2D eigenvalue weighted by Crippen LogP contribution is -2.32. The lowest BCUT2D eigenvalue weighted by atomic mass is 9.99. The monoisotopic (exact) mass is 261 g/mol. The number of nitrogens with one attached hydrogen (secondary N) is 1. The normalized spacial score (nSPS) is 15.4. The van der Waals surface area contributed by atoms with Crippen LogP contribution in [0.5, 0.6) is 0 Å². The van der Waals surface area contributed by atoms with Gasteiger partial charge < -0.3 is 5.32 Å². The third-order valence-electron chi connectivity index (χ3n) is 2.91. The third kappa shape index (κ3) is 3.94. The van der Waals surface area contributed by atoms with E-state index in [1.165, 1.54) is 6.07 Å². The van der Waals surface area contributed by atoms with Crippen LogP contribution in [0.25, 0.3) is 0 Å². The molecule has 18 heavy (non-hydrogen) atoms. The summed E-state index contributed by atoms with van der Waals surface area (Å²) in [5.74, 6) is 0.0198. The molecule has 3 nitrogen and oxygen atoms in total. The zero-order valence-electron chi connectivity index (χ0n) is 10.8. The van der Waals surface area contributed by atoms with Crippen molar-refractivity contribution >= 4 is 0 Å². The van der Waals surface area contributed by atoms with Gasteiger partial charge in [-0.15, -0.1) is 5.10 Å². The van der Waals surface area contributed by atoms with Crippen molar-refractivity contribution in [2.24, 2.45) is 0 Å². The predicted octanol–water partition coefficient (Wildman–Crippen LogP) is 2.99. The standard InChI is InChI=1S/C12H18F3N3/c1-4-7-16-9(3)8(2)10-5-6-11(18-17-10)12(13,14)15/h5-6,8-9,16H,4,7H2,1-3H3. The minimum Gasteiger partial charge on any atom is -0.314 e. The Hall–Kier alpha value is -1.17. The van der Waals surface area contributed by atoms with Gasteiger partial charge in [0.15, 0.2) is 5.69 Å². The summed E-state index contributed by atoms with van der Waals surface area (Å²) in [6.45, 7) is 6.84. The van der Waals surface area contributed by atoms with Crippen LogP contribution in [0.1, 0.15) is 44.5 Å². The highest BCUT2D eigenvalue weighted by Gasteiger charge is 2.33. The number of hydrogen-bond acceptors (Lipinski definition) is 3. The molecule has 2 atom stereocenters. The van der Waals surface area contributed by atoms with Gasteiger partial charge in [-0.2, -0.15) is 18.3 Å². The fourth-order valence-electron chi connectivity index (χ4n) is 1.54. The van der Waals surface area contributed by atoms with Gasteiger partial charge in [-0.25, -0.2) is 0 Å². The fraction of sp³-hybridized carbons (Fsp3) is 0.667. The van der Waals surface area contributed by atoms with Crippen LogP contribution in [-0.4, -0.2) is 22.8 Å². The molecule has 0 aliphatic heterocycles. The molecule has 1 N–H and O–H groups in total. The number of rotatable bonds is 5. The quantitative estimate of drug-likeness (QED) is 0.885. The van der Waals surface area contributed by atoms with Crippen molar-refractivity contribution in [2.45, 2.75) is 45.3 Å². The molecule has 0 radical (unpaired) electrons. The van der Waals surface area contributed by atoms with Crippen molar-refractivity contribution < 1.29 is 13.2 Å². The van der Waals surface area contributed by atoms with Crippen LogP contribution < -0.4 is 5.32 Å². The molecule has 1 rings (SSSR count). The molecule has 0 spiro atoms. The van der Waals surface area contributed by atoms with Crippen molar-refractivity contribution in [3.63, 3.8) is 0 Å². The second-order valence-electron chi connectivity index (χ2n) is 4.37. The van der Waals surface area contributed by atoms with Crippen LogP contribution in [0.3, 0.4) is 0 Å². The van der Waals surface area contributed by atoms with Gasteiger partial charge in [0.1, 0.15) is 0 Å². The minimum atomic E-state index is -4.43. The van der Waals surface area contributed by atoms with E-state index in [1.807, 2.05) is 13.8 Å². The molecule has 0 fully saturated rings. The average Bonchev–Trinajstić information content (AvgIpc) is 2.34. The van der Waals surface area contributed by atoms with E-state index in [4.69, 9.17) is 0 Å². The van der Waals surface area contributed by atoms with E-state index in [-0.39, 0.29) is 12.0 Å². The van der Waals surface area contributed by atoms with E-state index >= 15 is 0 Å². The summed E-state index contributed by atoms with van der Waals surface area (Å²) >= 11 is 0. The summed E-state index contributed by atoms with van der Waals surface area (Å²) in [6, 6.07) is 2.52. The molecule has 1 aromatic heterocycles. The highest BCUT2D eigenvalue weighted by atomic mass is 19.4. The Bertz CT molecular complexity index is 362. The van der Waals surface area contributed by atoms with Crippen molar-refractivity contribution in [3.05, 3.63) is 23.5 Å². The van der Waals surface area contributed by atoms with Gasteiger partial charge in [-0.1, -0.05) is 13.8 Å². The first-order valence-electron chi connectivity index (χ1n) is 6.00. The Labute approximate surface area is 105 Å². The van der Waals surface area contributed by atoms with E-state index in [0.717, 1.165) is 19.0 Å². The third-order valence-corrected chi connectivity index (χ3v) is 2.91. The topological polar surface area (TPSA) is 37.8 Å². The minimum absolute atomic E-state index is 0.0198. The zero-order valence-corrected chi connectivity index (χ0v) is 10.8. The number of halogens is 3. The van der Waals surface area contributed by atoms with Crippen LogP contribution in [0.4, 0.5) is 13.2 Å². The Morgan fingerprint density at radius 2 is 1.89 bits per heavy atom. The highest BCUT2D eigenvalue weighted by Crippen LogP contribution is 2.27. The number of aromatic nitrogens is 2. The smallest absolute Gasteiger partial charge is 0.314 e. The van der Waals surface area contributed by atoms with Crippen molar-refractivity contribution in [1.82, 2.24) is 15.5 Å². The van der Waals surface area contributed by atoms with E-state index < -0.39 is 11.9 Å². The Kier molecular flexibility index (Phi) is 5.07. The molecule has 6 heteroatoms. The first kappa shape index (κ1) is 14.9. The summed E-state index contributed by atoms with van der Waals surface area (Å²) < 4.78 is 37.0. The van der Waals surface area contributed by atoms with E-state index in [9.17, 15) is 13.2 Å². The summed E-state index contributed by atoms with van der Waals surface area (Å²) in [5, 5.41) is 10.2. The SMILES string of the molecule is CCCNC(C)C(C)c1ccc(C(F)(F)F)nn1. The van der Waals surface area contributed by atoms with Crippen molar-refractivity contribution in [1.29, 1.82) is 0 Å². The lowest BCUT2D eigenvalue weighted by Gasteiger charge is -2.20. The summed E-state index contributed by atoms with van der Waals surface area (Å²) in [5.41, 5.74) is -0.383. The average molecular weight is 261 g/mol. The van der Waals surface area contributed by atoms with Gasteiger partial charge >= 0.3 is 6.18 Å². The zero-order chi connectivity index (χ0) is 13.8. The second-order valence-corrected chi connectivity index (χ2v) is 4.37. The van der Waals surface area contributed by atoms with E-state index in [1.54, 1.807) is 0 Å². The molecule has 0 aliphatic rings. The largest absolute Gasteiger partial charge is 0.435 e. The van der Waals surface area contributed by atoms with Crippen LogP contribution in [0.15, 0.2) is 12.1 Å². The van der Waals surface area contributed by atoms with Gasteiger partial charge in [0, 0.05) is 12.0 Å². The molecule has 2 unspecified atom stereocenters. The molecule has 1 heterocycles. The van der Waals surface area contributed by atoms with Crippen LogP contribution in [0.2, 0.25) is 0 Å². The molecule has 1 aromatic rings. The Morgan fingerprint density at radius 3 is 2.33 bits per heavy atom. The van der Waals surface area contributed by atoms with Crippen molar-refractivity contribution in [3.8, 4) is 0 Å². The summed E-state index contributed by atoms with van der Waals surface area (Å²) in [4.78, 5) is 0. The Balaban J connectivity index is 2.72. The van der Waals surface area contributed by atoms with Gasteiger partial charge in [0.2, 0.25) is 0 Å². The second kappa shape index (κ2) is 6.13. The molecular formula is C12H18F3N3. The summed E-state index contributed by atoms with van der Waals surface area (Å²) in [7, 11) is 0. The van der Waals surface area contributed by atoms with Crippen LogP contribution in [-0.2, 0) is 6.18 Å². The maximum atomic E-state index is 12.3. The molecule has 0 bridgehead atoms. The molecule has 0 aromatic carbocycles. The van der Waals surface area contributed by atoms with Gasteiger partial charge in [0.25, 0.3) is 0 Å².